The molecular weight excluding hydrogens is 685 g/mol. The van der Waals surface area contributed by atoms with Crippen LogP contribution < -0.4 is 5.32 Å². The number of benzene rings is 9. The highest BCUT2D eigenvalue weighted by molar-refractivity contribution is 6.20. The monoisotopic (exact) mass is 716 g/mol. The van der Waals surface area contributed by atoms with Crippen molar-refractivity contribution < 1.29 is 4.42 Å². The summed E-state index contributed by atoms with van der Waals surface area (Å²) in [5, 5.41) is 15.3. The average molecular weight is 717 g/mol. The lowest BCUT2D eigenvalue weighted by Gasteiger charge is -2.23. The molecule has 0 saturated heterocycles. The molecule has 0 aliphatic carbocycles. The van der Waals surface area contributed by atoms with E-state index in [-0.39, 0.29) is 0 Å². The lowest BCUT2D eigenvalue weighted by atomic mass is 10.0. The second-order valence-corrected chi connectivity index (χ2v) is 14.6. The summed E-state index contributed by atoms with van der Waals surface area (Å²) in [4.78, 5) is 10.7. The summed E-state index contributed by atoms with van der Waals surface area (Å²) in [6.07, 6.45) is -0.524. The summed E-state index contributed by atoms with van der Waals surface area (Å²) in [5.41, 5.74) is 8.08. The van der Waals surface area contributed by atoms with Crippen molar-refractivity contribution in [2.45, 2.75) is 6.17 Å². The Balaban J connectivity index is 1.08. The lowest BCUT2D eigenvalue weighted by Crippen LogP contribution is -2.36. The number of hydrogen-bond acceptors (Lipinski definition) is 4. The Labute approximate surface area is 321 Å². The Morgan fingerprint density at radius 3 is 1.80 bits per heavy atom. The molecule has 262 valence electrons. The lowest BCUT2D eigenvalue weighted by molar-refractivity contribution is 0.667. The highest BCUT2D eigenvalue weighted by atomic mass is 16.3. The minimum Gasteiger partial charge on any atom is -0.456 e. The van der Waals surface area contributed by atoms with Gasteiger partial charge in [0.2, 0.25) is 0 Å². The number of nitrogens with zero attached hydrogens (tertiary/aromatic N) is 3. The Hall–Kier alpha value is -7.50. The molecule has 0 radical (unpaired) electrons. The molecule has 0 amide bonds. The van der Waals surface area contributed by atoms with Crippen molar-refractivity contribution in [3.63, 3.8) is 0 Å². The number of fused-ring (bicyclic) bond motifs is 10. The number of para-hydroxylation sites is 1. The van der Waals surface area contributed by atoms with Gasteiger partial charge in [-0.1, -0.05) is 140 Å². The standard InChI is InChI=1S/C51H32N4O/c1-3-13-34-28-36(22-20-31(34)10-1)49-52-50(37-23-21-32-11-2-4-14-35(32)29-37)54-51(53-49)42-17-9-19-46-47(42)43-30-38(25-27-45(43)56-46)55-44-18-8-7-16-40(44)41-26-24-33-12-5-6-15-39(33)48(41)55/h1-30,51H,(H,52,53,54). The quantitative estimate of drug-likeness (QED) is 0.197. The van der Waals surface area contributed by atoms with Crippen LogP contribution in [0.25, 0.3) is 81.7 Å². The fourth-order valence-electron chi connectivity index (χ4n) is 8.75. The zero-order chi connectivity index (χ0) is 36.7. The Bertz CT molecular complexity index is 3380. The fraction of sp³-hybridized carbons (Fsp3) is 0.0196. The normalized spacial score (nSPS) is 13.6. The molecule has 1 N–H and O–H groups in total. The molecule has 56 heavy (non-hydrogen) atoms. The first kappa shape index (κ1) is 30.9. The van der Waals surface area contributed by atoms with Crippen LogP contribution in [-0.2, 0) is 0 Å². The Kier molecular flexibility index (Phi) is 6.63. The number of aliphatic imine (C=N–C) groups is 2. The SMILES string of the molecule is c1ccc2cc(C3=NC(c4cccc5oc6ccc(-n7c8ccccc8c8ccc9ccccc9c87)cc6c45)N=C(c4ccc5ccccc5c4)N3)ccc2c1. The molecule has 1 aliphatic rings. The van der Waals surface area contributed by atoms with Gasteiger partial charge in [-0.15, -0.1) is 0 Å². The topological polar surface area (TPSA) is 54.8 Å². The smallest absolute Gasteiger partial charge is 0.170 e. The molecule has 0 spiro atoms. The third kappa shape index (κ3) is 4.74. The second kappa shape index (κ2) is 12.0. The molecule has 5 heteroatoms. The maximum atomic E-state index is 6.60. The van der Waals surface area contributed by atoms with E-state index >= 15 is 0 Å². The highest BCUT2D eigenvalue weighted by Crippen LogP contribution is 2.41. The molecule has 11 aromatic rings. The van der Waals surface area contributed by atoms with Crippen molar-refractivity contribution in [1.82, 2.24) is 9.88 Å². The zero-order valence-corrected chi connectivity index (χ0v) is 30.1. The number of furan rings is 1. The predicted octanol–water partition coefficient (Wildman–Crippen LogP) is 12.6. The minimum absolute atomic E-state index is 0.524. The third-order valence-corrected chi connectivity index (χ3v) is 11.4. The van der Waals surface area contributed by atoms with Crippen LogP contribution in [0, 0.1) is 0 Å². The predicted molar refractivity (Wildman–Crippen MR) is 232 cm³/mol. The zero-order valence-electron chi connectivity index (χ0n) is 30.1. The first-order valence-corrected chi connectivity index (χ1v) is 19.0. The fourth-order valence-corrected chi connectivity index (χ4v) is 8.75. The number of amidine groups is 2. The van der Waals surface area contributed by atoms with Gasteiger partial charge in [-0.25, -0.2) is 9.98 Å². The maximum absolute atomic E-state index is 6.60. The maximum Gasteiger partial charge on any atom is 0.170 e. The van der Waals surface area contributed by atoms with Gasteiger partial charge in [0.15, 0.2) is 6.17 Å². The van der Waals surface area contributed by atoms with Crippen LogP contribution in [0.2, 0.25) is 0 Å². The molecule has 0 saturated carbocycles. The van der Waals surface area contributed by atoms with Gasteiger partial charge in [-0.3, -0.25) is 0 Å². The van der Waals surface area contributed by atoms with E-state index in [2.05, 4.69) is 192 Å². The van der Waals surface area contributed by atoms with Gasteiger partial charge in [-0.2, -0.15) is 0 Å². The molecule has 0 atom stereocenters. The number of hydrogen-bond donors (Lipinski definition) is 1. The van der Waals surface area contributed by atoms with Crippen LogP contribution in [0.4, 0.5) is 0 Å². The van der Waals surface area contributed by atoms with Gasteiger partial charge in [0.25, 0.3) is 0 Å². The van der Waals surface area contributed by atoms with Gasteiger partial charge in [-0.05, 0) is 69.4 Å². The molecule has 0 unspecified atom stereocenters. The number of aromatic nitrogens is 1. The van der Waals surface area contributed by atoms with Crippen molar-refractivity contribution in [1.29, 1.82) is 0 Å². The van der Waals surface area contributed by atoms with Gasteiger partial charge < -0.3 is 14.3 Å². The first-order chi connectivity index (χ1) is 27.7. The molecule has 12 rings (SSSR count). The number of rotatable bonds is 4. The van der Waals surface area contributed by atoms with E-state index in [1.54, 1.807) is 0 Å². The van der Waals surface area contributed by atoms with E-state index in [0.29, 0.717) is 0 Å². The van der Waals surface area contributed by atoms with E-state index in [1.165, 1.54) is 43.4 Å². The van der Waals surface area contributed by atoms with Crippen molar-refractivity contribution in [3.05, 3.63) is 199 Å². The largest absolute Gasteiger partial charge is 0.456 e. The highest BCUT2D eigenvalue weighted by Gasteiger charge is 2.25. The van der Waals surface area contributed by atoms with Crippen LogP contribution >= 0.6 is 0 Å². The molecule has 3 heterocycles. The molecular formula is C51H32N4O. The molecule has 2 aromatic heterocycles. The summed E-state index contributed by atoms with van der Waals surface area (Å²) in [5.74, 6) is 1.56. The third-order valence-electron chi connectivity index (χ3n) is 11.4. The summed E-state index contributed by atoms with van der Waals surface area (Å²) in [7, 11) is 0. The summed E-state index contributed by atoms with van der Waals surface area (Å²) < 4.78 is 9.01. The van der Waals surface area contributed by atoms with E-state index in [0.717, 1.165) is 66.8 Å². The van der Waals surface area contributed by atoms with E-state index in [1.807, 2.05) is 0 Å². The first-order valence-electron chi connectivity index (χ1n) is 19.0. The molecule has 9 aromatic carbocycles. The average Bonchev–Trinajstić information content (AvgIpc) is 3.82. The summed E-state index contributed by atoms with van der Waals surface area (Å²) in [6, 6.07) is 64.5. The van der Waals surface area contributed by atoms with Gasteiger partial charge >= 0.3 is 0 Å². The van der Waals surface area contributed by atoms with Crippen molar-refractivity contribution in [3.8, 4) is 5.69 Å². The van der Waals surface area contributed by atoms with Gasteiger partial charge in [0, 0.05) is 49.3 Å². The Morgan fingerprint density at radius 1 is 0.446 bits per heavy atom. The van der Waals surface area contributed by atoms with Crippen LogP contribution in [0.1, 0.15) is 22.9 Å². The van der Waals surface area contributed by atoms with E-state index in [9.17, 15) is 0 Å². The van der Waals surface area contributed by atoms with Crippen molar-refractivity contribution >= 4 is 87.7 Å². The van der Waals surface area contributed by atoms with Crippen LogP contribution in [0.15, 0.2) is 196 Å². The van der Waals surface area contributed by atoms with Gasteiger partial charge in [0.1, 0.15) is 22.8 Å². The Morgan fingerprint density at radius 2 is 1.07 bits per heavy atom. The molecule has 0 fully saturated rings. The van der Waals surface area contributed by atoms with E-state index in [4.69, 9.17) is 14.4 Å². The molecule has 1 aliphatic heterocycles. The van der Waals surface area contributed by atoms with Gasteiger partial charge in [0.05, 0.1) is 11.0 Å². The number of nitrogens with one attached hydrogen (secondary N) is 1. The van der Waals surface area contributed by atoms with Crippen molar-refractivity contribution in [2.75, 3.05) is 0 Å². The van der Waals surface area contributed by atoms with Crippen LogP contribution in [-0.4, -0.2) is 16.2 Å². The van der Waals surface area contributed by atoms with E-state index < -0.39 is 6.17 Å². The van der Waals surface area contributed by atoms with Crippen LogP contribution in [0.5, 0.6) is 0 Å². The van der Waals surface area contributed by atoms with Crippen LogP contribution in [0.3, 0.4) is 0 Å². The molecule has 5 nitrogen and oxygen atoms in total. The van der Waals surface area contributed by atoms with Crippen molar-refractivity contribution in [2.24, 2.45) is 9.98 Å². The second-order valence-electron chi connectivity index (χ2n) is 14.6. The summed E-state index contributed by atoms with van der Waals surface area (Å²) in [6.45, 7) is 0. The summed E-state index contributed by atoms with van der Waals surface area (Å²) >= 11 is 0. The minimum atomic E-state index is -0.524. The molecule has 0 bridgehead atoms.